The summed E-state index contributed by atoms with van der Waals surface area (Å²) < 4.78 is 0. The summed E-state index contributed by atoms with van der Waals surface area (Å²) in [5.74, 6) is -1.08. The molecule has 15 heavy (non-hydrogen) atoms. The van der Waals surface area contributed by atoms with Crippen molar-refractivity contribution >= 4 is 23.2 Å². The number of phenols is 2. The van der Waals surface area contributed by atoms with Crippen LogP contribution in [0.15, 0.2) is 18.2 Å². The fourth-order valence-electron chi connectivity index (χ4n) is 0.898. The fraction of sp³-hybridized carbons (Fsp3) is 0. The van der Waals surface area contributed by atoms with Crippen molar-refractivity contribution in [2.24, 2.45) is 5.73 Å². The van der Waals surface area contributed by atoms with Gasteiger partial charge < -0.3 is 15.9 Å². The maximum atomic E-state index is 11.4. The summed E-state index contributed by atoms with van der Waals surface area (Å²) in [6.45, 7) is 0. The van der Waals surface area contributed by atoms with E-state index in [4.69, 9.17) is 10.8 Å². The van der Waals surface area contributed by atoms with Crippen molar-refractivity contribution in [1.82, 2.24) is 10.9 Å². The van der Waals surface area contributed by atoms with E-state index in [1.807, 2.05) is 0 Å². The molecule has 0 radical (unpaired) electrons. The summed E-state index contributed by atoms with van der Waals surface area (Å²) >= 11 is 4.47. The SMILES string of the molecule is NC(=S)NNC(=O)c1ccc(O)cc1O. The monoisotopic (exact) mass is 227 g/mol. The zero-order valence-electron chi connectivity index (χ0n) is 7.52. The number of phenolic OH excluding ortho intramolecular Hbond substituents is 2. The van der Waals surface area contributed by atoms with E-state index in [1.54, 1.807) is 0 Å². The Morgan fingerprint density at radius 2 is 2.00 bits per heavy atom. The molecule has 0 bridgehead atoms. The van der Waals surface area contributed by atoms with E-state index < -0.39 is 5.91 Å². The van der Waals surface area contributed by atoms with Crippen molar-refractivity contribution in [1.29, 1.82) is 0 Å². The van der Waals surface area contributed by atoms with Crippen LogP contribution in [0, 0.1) is 0 Å². The van der Waals surface area contributed by atoms with E-state index in [-0.39, 0.29) is 22.2 Å². The van der Waals surface area contributed by atoms with E-state index in [0.29, 0.717) is 0 Å². The van der Waals surface area contributed by atoms with Gasteiger partial charge in [-0.15, -0.1) is 0 Å². The molecule has 6 N–H and O–H groups in total. The molecule has 0 aromatic heterocycles. The number of hydrogen-bond acceptors (Lipinski definition) is 4. The maximum absolute atomic E-state index is 11.4. The smallest absolute Gasteiger partial charge is 0.273 e. The summed E-state index contributed by atoms with van der Waals surface area (Å²) in [6.07, 6.45) is 0. The third kappa shape index (κ3) is 2.99. The Hall–Kier alpha value is -2.02. The van der Waals surface area contributed by atoms with Crippen LogP contribution in [0.5, 0.6) is 11.5 Å². The number of aromatic hydroxyl groups is 2. The first kappa shape index (κ1) is 11.1. The molecule has 1 aromatic rings. The van der Waals surface area contributed by atoms with Crippen molar-refractivity contribution in [3.05, 3.63) is 23.8 Å². The number of nitrogens with two attached hydrogens (primary N) is 1. The van der Waals surface area contributed by atoms with E-state index in [0.717, 1.165) is 6.07 Å². The predicted octanol–water partition coefficient (Wildman–Crippen LogP) is -0.424. The highest BCUT2D eigenvalue weighted by molar-refractivity contribution is 7.80. The van der Waals surface area contributed by atoms with Crippen molar-refractivity contribution in [3.8, 4) is 11.5 Å². The standard InChI is InChI=1S/C8H9N3O3S/c9-8(15)11-10-7(14)5-2-1-4(12)3-6(5)13/h1-3,12-13H,(H,10,14)(H3,9,11,15). The molecule has 1 aromatic carbocycles. The van der Waals surface area contributed by atoms with Crippen LogP contribution in [0.2, 0.25) is 0 Å². The van der Waals surface area contributed by atoms with Crippen molar-refractivity contribution in [3.63, 3.8) is 0 Å². The molecular weight excluding hydrogens is 218 g/mol. The van der Waals surface area contributed by atoms with Gasteiger partial charge in [0.15, 0.2) is 5.11 Å². The summed E-state index contributed by atoms with van der Waals surface area (Å²) in [7, 11) is 0. The molecule has 0 saturated heterocycles. The first-order valence-electron chi connectivity index (χ1n) is 3.88. The first-order chi connectivity index (χ1) is 7.00. The lowest BCUT2D eigenvalue weighted by atomic mass is 10.2. The van der Waals surface area contributed by atoms with Crippen LogP contribution in [-0.2, 0) is 0 Å². The topological polar surface area (TPSA) is 108 Å². The maximum Gasteiger partial charge on any atom is 0.273 e. The van der Waals surface area contributed by atoms with Crippen LogP contribution in [0.4, 0.5) is 0 Å². The van der Waals surface area contributed by atoms with Crippen LogP contribution in [0.1, 0.15) is 10.4 Å². The highest BCUT2D eigenvalue weighted by atomic mass is 32.1. The molecule has 0 fully saturated rings. The average molecular weight is 227 g/mol. The summed E-state index contributed by atoms with van der Waals surface area (Å²) in [5.41, 5.74) is 9.46. The predicted molar refractivity (Wildman–Crippen MR) is 57.2 cm³/mol. The van der Waals surface area contributed by atoms with Crippen molar-refractivity contribution in [2.75, 3.05) is 0 Å². The summed E-state index contributed by atoms with van der Waals surface area (Å²) in [4.78, 5) is 11.4. The minimum Gasteiger partial charge on any atom is -0.508 e. The van der Waals surface area contributed by atoms with Gasteiger partial charge in [0.05, 0.1) is 5.56 Å². The highest BCUT2D eigenvalue weighted by Crippen LogP contribution is 2.21. The lowest BCUT2D eigenvalue weighted by Gasteiger charge is -2.07. The molecule has 0 atom stereocenters. The van der Waals surface area contributed by atoms with Gasteiger partial charge in [0.1, 0.15) is 11.5 Å². The number of carbonyl (C=O) groups excluding carboxylic acids is 1. The minimum atomic E-state index is -0.611. The van der Waals surface area contributed by atoms with Gasteiger partial charge >= 0.3 is 0 Å². The van der Waals surface area contributed by atoms with Crippen molar-refractivity contribution < 1.29 is 15.0 Å². The van der Waals surface area contributed by atoms with Crippen LogP contribution < -0.4 is 16.6 Å². The summed E-state index contributed by atoms with van der Waals surface area (Å²) in [6, 6.07) is 3.59. The molecule has 0 heterocycles. The normalized spacial score (nSPS) is 9.33. The van der Waals surface area contributed by atoms with Crippen LogP contribution >= 0.6 is 12.2 Å². The zero-order valence-corrected chi connectivity index (χ0v) is 8.34. The molecule has 0 spiro atoms. The number of rotatable bonds is 1. The van der Waals surface area contributed by atoms with E-state index in [1.165, 1.54) is 12.1 Å². The molecular formula is C8H9N3O3S. The molecule has 0 unspecified atom stereocenters. The third-order valence-corrected chi connectivity index (χ3v) is 1.63. The molecule has 0 aliphatic rings. The molecule has 80 valence electrons. The van der Waals surface area contributed by atoms with Crippen LogP contribution in [-0.4, -0.2) is 21.2 Å². The van der Waals surface area contributed by atoms with Gasteiger partial charge in [-0.05, 0) is 24.4 Å². The van der Waals surface area contributed by atoms with Gasteiger partial charge in [0.2, 0.25) is 0 Å². The Kier molecular flexibility index (Phi) is 3.29. The molecule has 1 rings (SSSR count). The number of thiocarbonyl (C=S) groups is 1. The second-order valence-corrected chi connectivity index (χ2v) is 3.08. The molecule has 7 heteroatoms. The molecule has 0 saturated carbocycles. The Labute approximate surface area is 90.7 Å². The van der Waals surface area contributed by atoms with Gasteiger partial charge in [0, 0.05) is 6.07 Å². The Bertz CT molecular complexity index is 408. The van der Waals surface area contributed by atoms with E-state index >= 15 is 0 Å². The average Bonchev–Trinajstić information content (AvgIpc) is 2.14. The molecule has 1 amide bonds. The Morgan fingerprint density at radius 3 is 2.53 bits per heavy atom. The molecule has 0 aliphatic heterocycles. The number of hydrogen-bond donors (Lipinski definition) is 5. The quantitative estimate of drug-likeness (QED) is 0.329. The van der Waals surface area contributed by atoms with E-state index in [9.17, 15) is 9.90 Å². The Morgan fingerprint density at radius 1 is 1.33 bits per heavy atom. The zero-order chi connectivity index (χ0) is 11.4. The number of carbonyl (C=O) groups is 1. The van der Waals surface area contributed by atoms with Crippen LogP contribution in [0.3, 0.4) is 0 Å². The van der Waals surface area contributed by atoms with Gasteiger partial charge in [-0.2, -0.15) is 0 Å². The highest BCUT2D eigenvalue weighted by Gasteiger charge is 2.10. The minimum absolute atomic E-state index is 0.00319. The van der Waals surface area contributed by atoms with Gasteiger partial charge in [-0.3, -0.25) is 15.6 Å². The largest absolute Gasteiger partial charge is 0.508 e. The van der Waals surface area contributed by atoms with E-state index in [2.05, 4.69) is 23.1 Å². The third-order valence-electron chi connectivity index (χ3n) is 1.53. The first-order valence-corrected chi connectivity index (χ1v) is 4.29. The Balaban J connectivity index is 2.78. The fourth-order valence-corrected chi connectivity index (χ4v) is 0.949. The summed E-state index contributed by atoms with van der Waals surface area (Å²) in [5, 5.41) is 18.2. The lowest BCUT2D eigenvalue weighted by Crippen LogP contribution is -2.44. The molecule has 0 aliphatic carbocycles. The lowest BCUT2D eigenvalue weighted by molar-refractivity contribution is 0.0941. The van der Waals surface area contributed by atoms with Crippen molar-refractivity contribution in [2.45, 2.75) is 0 Å². The number of nitrogens with one attached hydrogen (secondary N) is 2. The van der Waals surface area contributed by atoms with Crippen LogP contribution in [0.25, 0.3) is 0 Å². The van der Waals surface area contributed by atoms with Gasteiger partial charge in [0.25, 0.3) is 5.91 Å². The van der Waals surface area contributed by atoms with Gasteiger partial charge in [-0.25, -0.2) is 0 Å². The molecule has 6 nitrogen and oxygen atoms in total. The number of benzene rings is 1. The second-order valence-electron chi connectivity index (χ2n) is 2.64. The van der Waals surface area contributed by atoms with Gasteiger partial charge in [-0.1, -0.05) is 0 Å². The second kappa shape index (κ2) is 4.47. The number of amides is 1. The number of hydrazine groups is 1.